The minimum atomic E-state index is -0.932. The number of benzene rings is 1. The quantitative estimate of drug-likeness (QED) is 0.822. The molecule has 6 nitrogen and oxygen atoms in total. The zero-order chi connectivity index (χ0) is 17.5. The van der Waals surface area contributed by atoms with Gasteiger partial charge in [-0.2, -0.15) is 0 Å². The highest BCUT2D eigenvalue weighted by Crippen LogP contribution is 2.18. The molecule has 0 aromatic heterocycles. The number of hydrogen-bond acceptors (Lipinski definition) is 3. The van der Waals surface area contributed by atoms with Crippen LogP contribution >= 0.6 is 0 Å². The van der Waals surface area contributed by atoms with Gasteiger partial charge in [-0.15, -0.1) is 0 Å². The molecule has 24 heavy (non-hydrogen) atoms. The fourth-order valence-electron chi connectivity index (χ4n) is 2.79. The van der Waals surface area contributed by atoms with Gasteiger partial charge in [0.05, 0.1) is 18.3 Å². The topological polar surface area (TPSA) is 86.7 Å². The number of amides is 2. The van der Waals surface area contributed by atoms with E-state index in [1.165, 1.54) is 0 Å². The van der Waals surface area contributed by atoms with E-state index in [-0.39, 0.29) is 24.3 Å². The predicted molar refractivity (Wildman–Crippen MR) is 89.3 cm³/mol. The molecule has 1 aliphatic rings. The highest BCUT2D eigenvalue weighted by Gasteiger charge is 2.28. The number of nitrogens with one attached hydrogen (secondary N) is 1. The summed E-state index contributed by atoms with van der Waals surface area (Å²) in [4.78, 5) is 37.2. The van der Waals surface area contributed by atoms with Crippen LogP contribution in [0.25, 0.3) is 0 Å². The van der Waals surface area contributed by atoms with Crippen LogP contribution in [-0.2, 0) is 20.8 Å². The molecule has 2 unspecified atom stereocenters. The van der Waals surface area contributed by atoms with Gasteiger partial charge in [0.1, 0.15) is 0 Å². The van der Waals surface area contributed by atoms with E-state index in [1.54, 1.807) is 11.8 Å². The van der Waals surface area contributed by atoms with Gasteiger partial charge in [-0.1, -0.05) is 37.3 Å². The second-order valence-corrected chi connectivity index (χ2v) is 6.33. The van der Waals surface area contributed by atoms with E-state index < -0.39 is 11.9 Å². The lowest BCUT2D eigenvalue weighted by molar-refractivity contribution is -0.141. The summed E-state index contributed by atoms with van der Waals surface area (Å²) in [6.45, 7) is 2.74. The Hall–Kier alpha value is -2.37. The first kappa shape index (κ1) is 18.0. The number of carboxylic acid groups (broad SMARTS) is 1. The number of aliphatic carboxylic acids is 1. The van der Waals surface area contributed by atoms with Gasteiger partial charge in [-0.05, 0) is 18.4 Å². The summed E-state index contributed by atoms with van der Waals surface area (Å²) in [5, 5.41) is 11.5. The maximum Gasteiger partial charge on any atom is 0.308 e. The lowest BCUT2D eigenvalue weighted by Gasteiger charge is -2.32. The first-order valence-electron chi connectivity index (χ1n) is 8.29. The van der Waals surface area contributed by atoms with E-state index in [9.17, 15) is 14.4 Å². The number of rotatable bonds is 6. The van der Waals surface area contributed by atoms with E-state index in [2.05, 4.69) is 5.32 Å². The minimum Gasteiger partial charge on any atom is -0.481 e. The molecular formula is C18H24N2O4. The van der Waals surface area contributed by atoms with Crippen molar-refractivity contribution in [3.8, 4) is 0 Å². The second kappa shape index (κ2) is 8.47. The van der Waals surface area contributed by atoms with Crippen molar-refractivity contribution in [2.24, 2.45) is 11.8 Å². The summed E-state index contributed by atoms with van der Waals surface area (Å²) < 4.78 is 0. The molecule has 2 N–H and O–H groups in total. The molecule has 6 heteroatoms. The Morgan fingerprint density at radius 1 is 1.29 bits per heavy atom. The number of carbonyl (C=O) groups is 3. The monoisotopic (exact) mass is 332 g/mol. The van der Waals surface area contributed by atoms with E-state index >= 15 is 0 Å². The van der Waals surface area contributed by atoms with E-state index in [0.717, 1.165) is 18.4 Å². The Balaban J connectivity index is 1.85. The van der Waals surface area contributed by atoms with Crippen LogP contribution in [0.2, 0.25) is 0 Å². The molecule has 2 atom stereocenters. The average molecular weight is 332 g/mol. The van der Waals surface area contributed by atoms with Crippen LogP contribution < -0.4 is 5.32 Å². The minimum absolute atomic E-state index is 0.0256. The molecule has 1 fully saturated rings. The molecule has 130 valence electrons. The predicted octanol–water partition coefficient (Wildman–Crippen LogP) is 1.30. The van der Waals surface area contributed by atoms with E-state index in [0.29, 0.717) is 19.5 Å². The molecule has 0 saturated carbocycles. The Morgan fingerprint density at radius 3 is 2.67 bits per heavy atom. The number of piperidine rings is 1. The third-order valence-corrected chi connectivity index (χ3v) is 4.35. The Kier molecular flexibility index (Phi) is 6.35. The van der Waals surface area contributed by atoms with Crippen molar-refractivity contribution in [1.29, 1.82) is 0 Å². The summed E-state index contributed by atoms with van der Waals surface area (Å²) in [6.07, 6.45) is 1.85. The maximum atomic E-state index is 12.4. The largest absolute Gasteiger partial charge is 0.481 e. The summed E-state index contributed by atoms with van der Waals surface area (Å²) in [5.74, 6) is -1.95. The van der Waals surface area contributed by atoms with Crippen LogP contribution in [0.15, 0.2) is 30.3 Å². The number of likely N-dealkylation sites (tertiary alicyclic amines) is 1. The summed E-state index contributed by atoms with van der Waals surface area (Å²) in [6, 6.07) is 9.55. The number of nitrogens with zero attached hydrogens (tertiary/aromatic N) is 1. The van der Waals surface area contributed by atoms with Crippen molar-refractivity contribution < 1.29 is 19.5 Å². The van der Waals surface area contributed by atoms with Crippen molar-refractivity contribution in [2.45, 2.75) is 26.2 Å². The zero-order valence-electron chi connectivity index (χ0n) is 13.9. The molecule has 2 amide bonds. The third-order valence-electron chi connectivity index (χ3n) is 4.35. The maximum absolute atomic E-state index is 12.4. The van der Waals surface area contributed by atoms with Gasteiger partial charge in [0.25, 0.3) is 0 Å². The van der Waals surface area contributed by atoms with Crippen molar-refractivity contribution in [1.82, 2.24) is 10.2 Å². The lowest BCUT2D eigenvalue weighted by Crippen LogP contribution is -2.46. The third kappa shape index (κ3) is 5.08. The lowest BCUT2D eigenvalue weighted by atomic mass is 9.96. The molecular weight excluding hydrogens is 308 g/mol. The van der Waals surface area contributed by atoms with Crippen LogP contribution in [0.3, 0.4) is 0 Å². The molecule has 0 aliphatic carbocycles. The molecule has 1 heterocycles. The summed E-state index contributed by atoms with van der Waals surface area (Å²) in [5.41, 5.74) is 0.962. The van der Waals surface area contributed by atoms with Crippen LogP contribution in [0, 0.1) is 11.8 Å². The summed E-state index contributed by atoms with van der Waals surface area (Å²) in [7, 11) is 0. The molecule has 0 spiro atoms. The number of carbonyl (C=O) groups excluding carboxylic acids is 2. The van der Waals surface area contributed by atoms with Crippen molar-refractivity contribution in [2.75, 3.05) is 19.6 Å². The van der Waals surface area contributed by atoms with Gasteiger partial charge in [0.15, 0.2) is 0 Å². The van der Waals surface area contributed by atoms with Crippen LogP contribution in [0.4, 0.5) is 0 Å². The Bertz CT molecular complexity index is 588. The van der Waals surface area contributed by atoms with Gasteiger partial charge >= 0.3 is 5.97 Å². The van der Waals surface area contributed by atoms with Gasteiger partial charge in [-0.3, -0.25) is 14.4 Å². The SMILES string of the molecule is CC(CNC(=O)C1CCCN(C(=O)Cc2ccccc2)C1)C(=O)O. The van der Waals surface area contributed by atoms with E-state index in [4.69, 9.17) is 5.11 Å². The van der Waals surface area contributed by atoms with E-state index in [1.807, 2.05) is 30.3 Å². The van der Waals surface area contributed by atoms with Gasteiger partial charge < -0.3 is 15.3 Å². The fraction of sp³-hybridized carbons (Fsp3) is 0.500. The van der Waals surface area contributed by atoms with Gasteiger partial charge in [0.2, 0.25) is 11.8 Å². The standard InChI is InChI=1S/C18H24N2O4/c1-13(18(23)24)11-19-17(22)15-8-5-9-20(12-15)16(21)10-14-6-3-2-4-7-14/h2-4,6-7,13,15H,5,8-12H2,1H3,(H,19,22)(H,23,24). The first-order chi connectivity index (χ1) is 11.5. The first-order valence-corrected chi connectivity index (χ1v) is 8.29. The second-order valence-electron chi connectivity index (χ2n) is 6.33. The normalized spacial score (nSPS) is 18.7. The Morgan fingerprint density at radius 2 is 2.00 bits per heavy atom. The zero-order valence-corrected chi connectivity index (χ0v) is 13.9. The highest BCUT2D eigenvalue weighted by atomic mass is 16.4. The summed E-state index contributed by atoms with van der Waals surface area (Å²) >= 11 is 0. The van der Waals surface area contributed by atoms with Gasteiger partial charge in [-0.25, -0.2) is 0 Å². The highest BCUT2D eigenvalue weighted by molar-refractivity contribution is 5.82. The van der Waals surface area contributed by atoms with Crippen molar-refractivity contribution >= 4 is 17.8 Å². The van der Waals surface area contributed by atoms with Crippen LogP contribution in [0.5, 0.6) is 0 Å². The smallest absolute Gasteiger partial charge is 0.308 e. The molecule has 0 bridgehead atoms. The van der Waals surface area contributed by atoms with Gasteiger partial charge in [0, 0.05) is 19.6 Å². The number of hydrogen-bond donors (Lipinski definition) is 2. The average Bonchev–Trinajstić information content (AvgIpc) is 2.60. The Labute approximate surface area is 141 Å². The van der Waals surface area contributed by atoms with Crippen LogP contribution in [-0.4, -0.2) is 47.4 Å². The molecule has 0 radical (unpaired) electrons. The van der Waals surface area contributed by atoms with Crippen LogP contribution in [0.1, 0.15) is 25.3 Å². The fourth-order valence-corrected chi connectivity index (χ4v) is 2.79. The molecule has 1 saturated heterocycles. The van der Waals surface area contributed by atoms with Crippen molar-refractivity contribution in [3.63, 3.8) is 0 Å². The van der Waals surface area contributed by atoms with Crippen molar-refractivity contribution in [3.05, 3.63) is 35.9 Å². The molecule has 1 aromatic rings. The number of carboxylic acids is 1. The molecule has 1 aromatic carbocycles. The molecule has 1 aliphatic heterocycles. The molecule has 2 rings (SSSR count).